The minimum Gasteiger partial charge on any atom is -0.771 e. The van der Waals surface area contributed by atoms with Crippen LogP contribution in [0, 0.1) is 10.1 Å². The van der Waals surface area contributed by atoms with Crippen LogP contribution in [0.4, 0.5) is 5.82 Å². The van der Waals surface area contributed by atoms with Crippen molar-refractivity contribution in [3.8, 4) is 0 Å². The fourth-order valence-electron chi connectivity index (χ4n) is 1.58. The lowest BCUT2D eigenvalue weighted by molar-refractivity contribution is -0.392. The molecule has 0 amide bonds. The number of rotatable bonds is 5. The summed E-state index contributed by atoms with van der Waals surface area (Å²) in [6.45, 7) is 1.87. The fraction of sp³-hybridized carbons (Fsp3) is 0.429. The molecule has 0 spiro atoms. The van der Waals surface area contributed by atoms with Gasteiger partial charge < -0.3 is 14.7 Å². The molecule has 2 unspecified atom stereocenters. The maximum atomic E-state index is 11.3. The van der Waals surface area contributed by atoms with Crippen molar-refractivity contribution in [3.63, 3.8) is 0 Å². The van der Waals surface area contributed by atoms with Crippen molar-refractivity contribution in [1.29, 1.82) is 0 Å². The Balaban J connectivity index is 2.55. The number of aromatic nitrogens is 5. The van der Waals surface area contributed by atoms with Crippen molar-refractivity contribution >= 4 is 28.4 Å². The van der Waals surface area contributed by atoms with E-state index >= 15 is 0 Å². The van der Waals surface area contributed by atoms with E-state index in [1.807, 2.05) is 0 Å². The summed E-state index contributed by atoms with van der Waals surface area (Å²) < 4.78 is 27.4. The monoisotopic (exact) mass is 303 g/mol. The van der Waals surface area contributed by atoms with Crippen LogP contribution < -0.4 is 0 Å². The van der Waals surface area contributed by atoms with Crippen LogP contribution in [0.1, 0.15) is 23.0 Å². The topological polar surface area (TPSA) is 140 Å². The molecule has 2 atom stereocenters. The largest absolute Gasteiger partial charge is 0.771 e. The van der Waals surface area contributed by atoms with Crippen molar-refractivity contribution in [2.45, 2.75) is 18.7 Å². The Morgan fingerprint density at radius 3 is 2.84 bits per heavy atom. The lowest BCUT2D eigenvalue weighted by Crippen LogP contribution is -2.15. The highest BCUT2D eigenvalue weighted by molar-refractivity contribution is 7.79. The minimum absolute atomic E-state index is 0.0288. The van der Waals surface area contributed by atoms with Gasteiger partial charge in [0.25, 0.3) is 0 Å². The van der Waals surface area contributed by atoms with E-state index < -0.39 is 21.3 Å². The number of hydrogen-bond acceptors (Lipinski definition) is 9. The van der Waals surface area contributed by atoms with E-state index in [0.717, 1.165) is 17.7 Å². The van der Waals surface area contributed by atoms with Gasteiger partial charge in [-0.1, -0.05) is 4.49 Å². The highest BCUT2D eigenvalue weighted by Gasteiger charge is 2.30. The molecular formula is C7H7N6O4S2-. The van der Waals surface area contributed by atoms with E-state index in [1.165, 1.54) is 4.57 Å². The maximum Gasteiger partial charge on any atom is 0.342 e. The van der Waals surface area contributed by atoms with Crippen molar-refractivity contribution in [1.82, 2.24) is 24.4 Å². The Kier molecular flexibility index (Phi) is 3.92. The Hall–Kier alpha value is -1.79. The van der Waals surface area contributed by atoms with Gasteiger partial charge in [-0.05, 0) is 28.1 Å². The van der Waals surface area contributed by atoms with E-state index in [1.54, 1.807) is 6.92 Å². The van der Waals surface area contributed by atoms with Crippen LogP contribution in [0.5, 0.6) is 0 Å². The number of nitrogens with zero attached hydrogens (tertiary/aromatic N) is 6. The molecule has 0 radical (unpaired) electrons. The Labute approximate surface area is 113 Å². The SMILES string of the molecule is CCn1c([N+](=O)[O-])cnc1C(c1nnns1)S(=O)[O-]. The summed E-state index contributed by atoms with van der Waals surface area (Å²) in [5, 5.41) is 16.6. The summed E-state index contributed by atoms with van der Waals surface area (Å²) in [6.07, 6.45) is 1.02. The Bertz CT molecular complexity index is 611. The highest BCUT2D eigenvalue weighted by Crippen LogP contribution is 2.29. The summed E-state index contributed by atoms with van der Waals surface area (Å²) >= 11 is -1.78. The summed E-state index contributed by atoms with van der Waals surface area (Å²) in [4.78, 5) is 14.0. The van der Waals surface area contributed by atoms with Gasteiger partial charge in [-0.15, -0.1) is 5.10 Å². The Morgan fingerprint density at radius 2 is 2.37 bits per heavy atom. The molecule has 0 saturated heterocycles. The molecule has 0 aliphatic carbocycles. The average molecular weight is 303 g/mol. The molecule has 102 valence electrons. The van der Waals surface area contributed by atoms with E-state index in [4.69, 9.17) is 0 Å². The van der Waals surface area contributed by atoms with Gasteiger partial charge in [0, 0.05) is 11.5 Å². The van der Waals surface area contributed by atoms with Crippen molar-refractivity contribution < 1.29 is 13.7 Å². The number of hydrogen-bond donors (Lipinski definition) is 0. The average Bonchev–Trinajstić information content (AvgIpc) is 2.98. The number of imidazole rings is 1. The van der Waals surface area contributed by atoms with E-state index in [-0.39, 0.29) is 23.2 Å². The zero-order valence-corrected chi connectivity index (χ0v) is 11.1. The van der Waals surface area contributed by atoms with Gasteiger partial charge in [0.2, 0.25) is 5.82 Å². The van der Waals surface area contributed by atoms with Gasteiger partial charge in [0.1, 0.15) is 6.20 Å². The predicted molar refractivity (Wildman–Crippen MR) is 63.0 cm³/mol. The minimum atomic E-state index is -2.58. The lowest BCUT2D eigenvalue weighted by Gasteiger charge is -2.14. The first-order chi connectivity index (χ1) is 9.06. The van der Waals surface area contributed by atoms with Crippen molar-refractivity contribution in [3.05, 3.63) is 27.1 Å². The van der Waals surface area contributed by atoms with Crippen molar-refractivity contribution in [2.24, 2.45) is 0 Å². The molecule has 12 heteroatoms. The zero-order chi connectivity index (χ0) is 14.0. The van der Waals surface area contributed by atoms with Gasteiger partial charge in [-0.3, -0.25) is 4.21 Å². The third-order valence-corrected chi connectivity index (χ3v) is 3.96. The van der Waals surface area contributed by atoms with Gasteiger partial charge in [0.15, 0.2) is 10.3 Å². The molecular weight excluding hydrogens is 296 g/mol. The second-order valence-corrected chi connectivity index (χ2v) is 5.07. The first-order valence-corrected chi connectivity index (χ1v) is 6.90. The van der Waals surface area contributed by atoms with E-state index in [2.05, 4.69) is 19.8 Å². The zero-order valence-electron chi connectivity index (χ0n) is 9.49. The van der Waals surface area contributed by atoms with Crippen LogP contribution >= 0.6 is 11.5 Å². The third-order valence-electron chi connectivity index (χ3n) is 2.33. The molecule has 0 fully saturated rings. The lowest BCUT2D eigenvalue weighted by atomic mass is 10.4. The molecule has 0 saturated carbocycles. The summed E-state index contributed by atoms with van der Waals surface area (Å²) in [5.74, 6) is -0.244. The normalized spacial score (nSPS) is 14.2. The van der Waals surface area contributed by atoms with Gasteiger partial charge in [0.05, 0.1) is 6.54 Å². The predicted octanol–water partition coefficient (Wildman–Crippen LogP) is 0.0262. The van der Waals surface area contributed by atoms with Crippen molar-refractivity contribution in [2.75, 3.05) is 0 Å². The molecule has 0 aliphatic rings. The smallest absolute Gasteiger partial charge is 0.342 e. The first-order valence-electron chi connectivity index (χ1n) is 4.99. The van der Waals surface area contributed by atoms with Crippen LogP contribution in [-0.2, 0) is 17.6 Å². The molecule has 2 aromatic rings. The van der Waals surface area contributed by atoms with Crippen LogP contribution in [0.2, 0.25) is 0 Å². The third kappa shape index (κ3) is 2.50. The van der Waals surface area contributed by atoms with E-state index in [0.29, 0.717) is 0 Å². The molecule has 0 aliphatic heterocycles. The summed E-state index contributed by atoms with van der Waals surface area (Å²) in [7, 11) is 0. The molecule has 19 heavy (non-hydrogen) atoms. The molecule has 2 rings (SSSR count). The van der Waals surface area contributed by atoms with Crippen LogP contribution in [0.3, 0.4) is 0 Å². The van der Waals surface area contributed by atoms with E-state index in [9.17, 15) is 18.9 Å². The molecule has 2 aromatic heterocycles. The van der Waals surface area contributed by atoms with Crippen LogP contribution in [0.15, 0.2) is 6.20 Å². The number of nitro groups is 1. The molecule has 0 aromatic carbocycles. The van der Waals surface area contributed by atoms with Gasteiger partial charge >= 0.3 is 5.82 Å². The summed E-state index contributed by atoms with van der Waals surface area (Å²) in [5.41, 5.74) is 0. The second-order valence-electron chi connectivity index (χ2n) is 3.32. The maximum absolute atomic E-state index is 11.3. The Morgan fingerprint density at radius 1 is 1.63 bits per heavy atom. The quantitative estimate of drug-likeness (QED) is 0.428. The molecule has 2 heterocycles. The van der Waals surface area contributed by atoms with Crippen LogP contribution in [0.25, 0.3) is 0 Å². The van der Waals surface area contributed by atoms with Gasteiger partial charge in [-0.2, -0.15) is 0 Å². The molecule has 0 bridgehead atoms. The fourth-order valence-corrected chi connectivity index (χ4v) is 2.95. The highest BCUT2D eigenvalue weighted by atomic mass is 32.2. The first kappa shape index (κ1) is 13.6. The second kappa shape index (κ2) is 5.46. The van der Waals surface area contributed by atoms with Crippen LogP contribution in [-0.4, -0.2) is 38.0 Å². The standard InChI is InChI=1S/C7H8N6O4S2/c1-2-12-4(13(14)15)3-8-6(12)5(19(16)17)7-9-10-11-18-7/h3,5H,2H2,1H3,(H,16,17)/p-1. The molecule has 10 nitrogen and oxygen atoms in total. The molecule has 0 N–H and O–H groups in total. The van der Waals surface area contributed by atoms with Gasteiger partial charge in [-0.25, -0.2) is 9.55 Å². The summed E-state index contributed by atoms with van der Waals surface area (Å²) in [6, 6.07) is 0.